The van der Waals surface area contributed by atoms with Crippen molar-refractivity contribution in [3.63, 3.8) is 0 Å². The van der Waals surface area contributed by atoms with E-state index in [1.807, 2.05) is 0 Å². The summed E-state index contributed by atoms with van der Waals surface area (Å²) in [4.78, 5) is 38.7. The van der Waals surface area contributed by atoms with Gasteiger partial charge in [-0.3, -0.25) is 0 Å². The maximum atomic E-state index is 14.5. The fourth-order valence-corrected chi connectivity index (χ4v) is 3.32. The van der Waals surface area contributed by atoms with Crippen molar-refractivity contribution in [1.29, 1.82) is 0 Å². The van der Waals surface area contributed by atoms with E-state index in [2.05, 4.69) is 53.1 Å². The summed E-state index contributed by atoms with van der Waals surface area (Å²) in [7, 11) is 3.70. The lowest BCUT2D eigenvalue weighted by atomic mass is 10.1. The molecule has 2 heterocycles. The van der Waals surface area contributed by atoms with Gasteiger partial charge in [-0.15, -0.1) is 11.8 Å². The number of nitrogens with two attached hydrogens (primary N) is 2. The lowest BCUT2D eigenvalue weighted by molar-refractivity contribution is 0.0585. The summed E-state index contributed by atoms with van der Waals surface area (Å²) in [5.41, 5.74) is 11.6. The standard InChI is InChI=1S/C16H13ClFN3O3.C9H8ClN3O2/c1-4-5-9-12(16(22)24-3)20-15(21-14(9)19)8-6-7-10(17)13(23-2)11(8)18;1-3-4-5-6(8(14)15-2)12-9(10)13-7(5)11/h6-7H,1-3H3,(H2,19,20,21);1-2H3,(H2,11,12,13). The first-order valence-electron chi connectivity index (χ1n) is 10.6. The van der Waals surface area contributed by atoms with Gasteiger partial charge in [-0.25, -0.2) is 28.9 Å². The normalized spacial score (nSPS) is 9.54. The number of hydrogen-bond acceptors (Lipinski definition) is 11. The van der Waals surface area contributed by atoms with Crippen LogP contribution in [0.25, 0.3) is 11.4 Å². The molecule has 2 aromatic heterocycles. The predicted molar refractivity (Wildman–Crippen MR) is 143 cm³/mol. The van der Waals surface area contributed by atoms with Crippen LogP contribution < -0.4 is 16.2 Å². The van der Waals surface area contributed by atoms with Crippen LogP contribution in [0.4, 0.5) is 16.0 Å². The van der Waals surface area contributed by atoms with Crippen LogP contribution in [0, 0.1) is 29.5 Å². The molecule has 0 fully saturated rings. The molecular formula is C25H21Cl2FN6O5. The Morgan fingerprint density at radius 3 is 1.85 bits per heavy atom. The number of halogens is 3. The highest BCUT2D eigenvalue weighted by atomic mass is 35.5. The van der Waals surface area contributed by atoms with E-state index in [1.165, 1.54) is 33.5 Å². The van der Waals surface area contributed by atoms with Gasteiger partial charge in [0.05, 0.1) is 43.0 Å². The minimum absolute atomic E-state index is 0.0237. The average Bonchev–Trinajstić information content (AvgIpc) is 2.91. The minimum Gasteiger partial charge on any atom is -0.492 e. The molecule has 39 heavy (non-hydrogen) atoms. The Labute approximate surface area is 233 Å². The summed E-state index contributed by atoms with van der Waals surface area (Å²) >= 11 is 11.4. The SMILES string of the molecule is CC#Cc1c(N)nc(-c2ccc(Cl)c(OC)c2F)nc1C(=O)OC.CC#Cc1c(N)nc(Cl)nc1C(=O)OC. The summed E-state index contributed by atoms with van der Waals surface area (Å²) in [6.45, 7) is 3.17. The van der Waals surface area contributed by atoms with Crippen molar-refractivity contribution in [2.24, 2.45) is 0 Å². The second-order valence-electron chi connectivity index (χ2n) is 6.93. The summed E-state index contributed by atoms with van der Waals surface area (Å²) in [5, 5.41) is -0.0251. The largest absolute Gasteiger partial charge is 0.492 e. The lowest BCUT2D eigenvalue weighted by Crippen LogP contribution is -2.12. The lowest BCUT2D eigenvalue weighted by Gasteiger charge is -2.11. The summed E-state index contributed by atoms with van der Waals surface area (Å²) in [6, 6.07) is 2.79. The molecule has 0 amide bonds. The van der Waals surface area contributed by atoms with E-state index >= 15 is 0 Å². The molecule has 14 heteroatoms. The zero-order chi connectivity index (χ0) is 29.3. The van der Waals surface area contributed by atoms with Crippen LogP contribution in [0.1, 0.15) is 46.0 Å². The summed E-state index contributed by atoms with van der Waals surface area (Å²) in [5.74, 6) is 8.03. The third kappa shape index (κ3) is 7.02. The third-order valence-corrected chi connectivity index (χ3v) is 5.06. The highest BCUT2D eigenvalue weighted by molar-refractivity contribution is 6.32. The first kappa shape index (κ1) is 30.6. The molecule has 11 nitrogen and oxygen atoms in total. The quantitative estimate of drug-likeness (QED) is 0.265. The molecule has 0 unspecified atom stereocenters. The average molecular weight is 575 g/mol. The number of esters is 2. The Morgan fingerprint density at radius 2 is 1.36 bits per heavy atom. The number of nitrogens with zero attached hydrogens (tertiary/aromatic N) is 4. The van der Waals surface area contributed by atoms with Crippen LogP contribution in [0.5, 0.6) is 5.75 Å². The van der Waals surface area contributed by atoms with Gasteiger partial charge in [0, 0.05) is 0 Å². The van der Waals surface area contributed by atoms with E-state index in [1.54, 1.807) is 13.8 Å². The zero-order valence-corrected chi connectivity index (χ0v) is 22.8. The van der Waals surface area contributed by atoms with Crippen LogP contribution in [-0.4, -0.2) is 53.2 Å². The molecule has 0 saturated carbocycles. The number of carbonyl (C=O) groups excluding carboxylic acids is 2. The molecule has 202 valence electrons. The monoisotopic (exact) mass is 574 g/mol. The van der Waals surface area contributed by atoms with Crippen LogP contribution >= 0.6 is 23.2 Å². The smallest absolute Gasteiger partial charge is 0.358 e. The van der Waals surface area contributed by atoms with Crippen molar-refractivity contribution in [2.75, 3.05) is 32.8 Å². The van der Waals surface area contributed by atoms with Gasteiger partial charge in [-0.05, 0) is 37.6 Å². The molecular weight excluding hydrogens is 554 g/mol. The van der Waals surface area contributed by atoms with Gasteiger partial charge in [0.25, 0.3) is 0 Å². The van der Waals surface area contributed by atoms with Crippen molar-refractivity contribution in [3.8, 4) is 40.8 Å². The molecule has 0 radical (unpaired) electrons. The predicted octanol–water partition coefficient (Wildman–Crippen LogP) is 3.56. The Bertz CT molecular complexity index is 1560. The number of benzene rings is 1. The van der Waals surface area contributed by atoms with Crippen molar-refractivity contribution < 1.29 is 28.2 Å². The van der Waals surface area contributed by atoms with Crippen molar-refractivity contribution in [1.82, 2.24) is 19.9 Å². The van der Waals surface area contributed by atoms with E-state index in [-0.39, 0.29) is 61.6 Å². The first-order valence-corrected chi connectivity index (χ1v) is 11.3. The third-order valence-electron chi connectivity index (χ3n) is 4.60. The van der Waals surface area contributed by atoms with Crippen LogP contribution in [0.3, 0.4) is 0 Å². The molecule has 0 atom stereocenters. The van der Waals surface area contributed by atoms with E-state index < -0.39 is 17.8 Å². The van der Waals surface area contributed by atoms with Gasteiger partial charge >= 0.3 is 11.9 Å². The molecule has 0 spiro atoms. The number of anilines is 2. The van der Waals surface area contributed by atoms with E-state index in [9.17, 15) is 14.0 Å². The topological polar surface area (TPSA) is 165 Å². The fourth-order valence-electron chi connectivity index (χ4n) is 2.93. The van der Waals surface area contributed by atoms with Gasteiger partial charge in [0.15, 0.2) is 28.8 Å². The zero-order valence-electron chi connectivity index (χ0n) is 21.3. The Hall–Kier alpha value is -4.65. The number of carbonyl (C=O) groups is 2. The van der Waals surface area contributed by atoms with Gasteiger partial charge in [0.1, 0.15) is 11.6 Å². The minimum atomic E-state index is -0.769. The number of ether oxygens (including phenoxy) is 3. The molecule has 4 N–H and O–H groups in total. The molecule has 3 aromatic rings. The van der Waals surface area contributed by atoms with Crippen LogP contribution in [0.2, 0.25) is 10.3 Å². The second-order valence-corrected chi connectivity index (χ2v) is 7.68. The highest BCUT2D eigenvalue weighted by Crippen LogP contribution is 2.34. The van der Waals surface area contributed by atoms with Gasteiger partial charge in [-0.1, -0.05) is 23.4 Å². The van der Waals surface area contributed by atoms with Gasteiger partial charge in [0.2, 0.25) is 5.28 Å². The number of aromatic nitrogens is 4. The Balaban J connectivity index is 0.000000306. The number of methoxy groups -OCH3 is 3. The van der Waals surface area contributed by atoms with Crippen molar-refractivity contribution >= 4 is 46.8 Å². The molecule has 0 aliphatic heterocycles. The van der Waals surface area contributed by atoms with Gasteiger partial charge in [-0.2, -0.15) is 4.98 Å². The fraction of sp³-hybridized carbons (Fsp3) is 0.200. The number of hydrogen-bond donors (Lipinski definition) is 2. The van der Waals surface area contributed by atoms with E-state index in [0.717, 1.165) is 0 Å². The molecule has 0 bridgehead atoms. The van der Waals surface area contributed by atoms with Crippen LogP contribution in [-0.2, 0) is 9.47 Å². The maximum absolute atomic E-state index is 14.5. The Kier molecular flexibility index (Phi) is 10.8. The summed E-state index contributed by atoms with van der Waals surface area (Å²) in [6.07, 6.45) is 0. The molecule has 0 aliphatic rings. The highest BCUT2D eigenvalue weighted by Gasteiger charge is 2.22. The van der Waals surface area contributed by atoms with Crippen molar-refractivity contribution in [3.05, 3.63) is 50.8 Å². The van der Waals surface area contributed by atoms with E-state index in [0.29, 0.717) is 0 Å². The molecule has 0 saturated heterocycles. The molecule has 1 aromatic carbocycles. The number of nitrogen functional groups attached to an aromatic ring is 2. The molecule has 3 rings (SSSR count). The molecule has 0 aliphatic carbocycles. The maximum Gasteiger partial charge on any atom is 0.358 e. The van der Waals surface area contributed by atoms with Crippen LogP contribution in [0.15, 0.2) is 12.1 Å². The first-order chi connectivity index (χ1) is 18.5. The second kappa shape index (κ2) is 13.8. The van der Waals surface area contributed by atoms with Crippen molar-refractivity contribution in [2.45, 2.75) is 13.8 Å². The van der Waals surface area contributed by atoms with E-state index in [4.69, 9.17) is 39.4 Å². The summed E-state index contributed by atoms with van der Waals surface area (Å²) < 4.78 is 28.7. The Morgan fingerprint density at radius 1 is 0.846 bits per heavy atom. The van der Waals surface area contributed by atoms with Gasteiger partial charge < -0.3 is 25.7 Å². The number of rotatable bonds is 4.